The van der Waals surface area contributed by atoms with Crippen LogP contribution in [-0.4, -0.2) is 19.9 Å². The second-order valence-corrected chi connectivity index (χ2v) is 12.3. The third-order valence-electron chi connectivity index (χ3n) is 9.24. The van der Waals surface area contributed by atoms with Crippen LogP contribution in [0.2, 0.25) is 0 Å². The van der Waals surface area contributed by atoms with Gasteiger partial charge in [-0.25, -0.2) is 15.0 Å². The maximum atomic E-state index is 6.68. The summed E-state index contributed by atoms with van der Waals surface area (Å²) in [6.07, 6.45) is 3.64. The minimum atomic E-state index is 0.569. The summed E-state index contributed by atoms with van der Waals surface area (Å²) >= 11 is 0. The van der Waals surface area contributed by atoms with E-state index < -0.39 is 0 Å². The molecule has 6 aromatic carbocycles. The molecule has 4 heterocycles. The topological polar surface area (TPSA) is 77.8 Å². The zero-order valence-corrected chi connectivity index (χ0v) is 26.6. The van der Waals surface area contributed by atoms with E-state index in [4.69, 9.17) is 23.8 Å². The molecule has 10 rings (SSSR count). The average molecular weight is 643 g/mol. The Morgan fingerprint density at radius 3 is 1.88 bits per heavy atom. The van der Waals surface area contributed by atoms with Gasteiger partial charge in [0.1, 0.15) is 22.3 Å². The van der Waals surface area contributed by atoms with Crippen molar-refractivity contribution >= 4 is 43.9 Å². The van der Waals surface area contributed by atoms with E-state index >= 15 is 0 Å². The van der Waals surface area contributed by atoms with Gasteiger partial charge in [-0.2, -0.15) is 0 Å². The highest BCUT2D eigenvalue weighted by atomic mass is 16.3. The van der Waals surface area contributed by atoms with E-state index in [-0.39, 0.29) is 0 Å². The van der Waals surface area contributed by atoms with Gasteiger partial charge in [0.2, 0.25) is 0 Å². The number of pyridine rings is 1. The van der Waals surface area contributed by atoms with Crippen molar-refractivity contribution in [2.75, 3.05) is 0 Å². The van der Waals surface area contributed by atoms with Gasteiger partial charge in [-0.15, -0.1) is 0 Å². The zero-order valence-electron chi connectivity index (χ0n) is 26.6. The first-order valence-corrected chi connectivity index (χ1v) is 16.5. The van der Waals surface area contributed by atoms with Gasteiger partial charge in [0.25, 0.3) is 0 Å². The number of hydrogen-bond donors (Lipinski definition) is 0. The van der Waals surface area contributed by atoms with Crippen molar-refractivity contribution < 1.29 is 8.83 Å². The van der Waals surface area contributed by atoms with E-state index in [0.717, 1.165) is 82.8 Å². The number of para-hydroxylation sites is 2. The normalized spacial score (nSPS) is 11.6. The Morgan fingerprint density at radius 1 is 0.380 bits per heavy atom. The van der Waals surface area contributed by atoms with Gasteiger partial charge < -0.3 is 8.83 Å². The highest BCUT2D eigenvalue weighted by Gasteiger charge is 2.21. The minimum absolute atomic E-state index is 0.569. The number of hydrogen-bond acceptors (Lipinski definition) is 6. The minimum Gasteiger partial charge on any atom is -0.456 e. The maximum Gasteiger partial charge on any atom is 0.164 e. The molecule has 0 atom stereocenters. The third-order valence-corrected chi connectivity index (χ3v) is 9.24. The number of rotatable bonds is 5. The Labute approximate surface area is 286 Å². The van der Waals surface area contributed by atoms with E-state index in [9.17, 15) is 0 Å². The van der Waals surface area contributed by atoms with Gasteiger partial charge in [-0.05, 0) is 59.7 Å². The molecule has 0 amide bonds. The lowest BCUT2D eigenvalue weighted by Crippen LogP contribution is -2.00. The Hall–Kier alpha value is -6.92. The van der Waals surface area contributed by atoms with E-state index in [1.807, 2.05) is 97.2 Å². The largest absolute Gasteiger partial charge is 0.456 e. The lowest BCUT2D eigenvalue weighted by atomic mass is 9.97. The summed E-state index contributed by atoms with van der Waals surface area (Å²) in [6, 6.07) is 49.1. The molecule has 10 aromatic rings. The van der Waals surface area contributed by atoms with Gasteiger partial charge in [-0.1, -0.05) is 97.1 Å². The van der Waals surface area contributed by atoms with Crippen LogP contribution < -0.4 is 0 Å². The fourth-order valence-corrected chi connectivity index (χ4v) is 6.85. The van der Waals surface area contributed by atoms with Crippen molar-refractivity contribution in [3.05, 3.63) is 158 Å². The highest BCUT2D eigenvalue weighted by Crippen LogP contribution is 2.43. The van der Waals surface area contributed by atoms with Crippen molar-refractivity contribution in [2.45, 2.75) is 0 Å². The molecular weight excluding hydrogens is 617 g/mol. The fraction of sp³-hybridized carbons (Fsp3) is 0. The average Bonchev–Trinajstić information content (AvgIpc) is 3.77. The van der Waals surface area contributed by atoms with Crippen LogP contribution in [0, 0.1) is 0 Å². The molecule has 0 fully saturated rings. The summed E-state index contributed by atoms with van der Waals surface area (Å²) < 4.78 is 12.8. The first kappa shape index (κ1) is 28.1. The summed E-state index contributed by atoms with van der Waals surface area (Å²) in [5.74, 6) is 1.75. The SMILES string of the molecule is c1ccc(-c2nc(-c3cccc(-c4cccnc4)c3)nc(-c3ccc(-c4ccc5oc6ccccc6c5c4)c4oc5ccccc5c34)n2)cc1. The van der Waals surface area contributed by atoms with Crippen LogP contribution in [0.3, 0.4) is 0 Å². The number of nitrogens with zero attached hydrogens (tertiary/aromatic N) is 4. The molecule has 0 unspecified atom stereocenters. The summed E-state index contributed by atoms with van der Waals surface area (Å²) in [4.78, 5) is 19.6. The van der Waals surface area contributed by atoms with Crippen molar-refractivity contribution in [2.24, 2.45) is 0 Å². The molecular formula is C44H26N4O2. The first-order valence-electron chi connectivity index (χ1n) is 16.5. The van der Waals surface area contributed by atoms with Crippen LogP contribution in [0.4, 0.5) is 0 Å². The van der Waals surface area contributed by atoms with Crippen LogP contribution in [-0.2, 0) is 0 Å². The van der Waals surface area contributed by atoms with E-state index in [1.165, 1.54) is 0 Å². The monoisotopic (exact) mass is 642 g/mol. The maximum absolute atomic E-state index is 6.68. The van der Waals surface area contributed by atoms with Gasteiger partial charge in [0.05, 0.1) is 0 Å². The van der Waals surface area contributed by atoms with Gasteiger partial charge in [-0.3, -0.25) is 4.98 Å². The predicted molar refractivity (Wildman–Crippen MR) is 199 cm³/mol. The molecule has 0 bridgehead atoms. The molecule has 0 N–H and O–H groups in total. The smallest absolute Gasteiger partial charge is 0.164 e. The Bertz CT molecular complexity index is 2880. The summed E-state index contributed by atoms with van der Waals surface area (Å²) in [5, 5.41) is 4.10. The molecule has 0 radical (unpaired) electrons. The summed E-state index contributed by atoms with van der Waals surface area (Å²) in [6.45, 7) is 0. The van der Waals surface area contributed by atoms with Crippen LogP contribution in [0.15, 0.2) is 167 Å². The molecule has 6 heteroatoms. The van der Waals surface area contributed by atoms with Crippen LogP contribution in [0.1, 0.15) is 0 Å². The zero-order chi connectivity index (χ0) is 33.0. The van der Waals surface area contributed by atoms with Gasteiger partial charge in [0, 0.05) is 61.8 Å². The van der Waals surface area contributed by atoms with Crippen LogP contribution in [0.25, 0.3) is 100 Å². The standard InChI is InChI=1S/C44H26N4O2/c1-2-10-27(11-3-1)42-46-43(30-13-8-12-28(24-30)31-14-9-23-45-26-31)48-44(47-42)35-21-20-32(41-40(35)34-16-5-7-18-38(34)50-41)29-19-22-39-36(25-29)33-15-4-6-17-37(33)49-39/h1-26H. The van der Waals surface area contributed by atoms with E-state index in [1.54, 1.807) is 6.20 Å². The quantitative estimate of drug-likeness (QED) is 0.186. The number of furan rings is 2. The number of aromatic nitrogens is 4. The van der Waals surface area contributed by atoms with Crippen molar-refractivity contribution in [1.82, 2.24) is 19.9 Å². The molecule has 0 spiro atoms. The predicted octanol–water partition coefficient (Wildman–Crippen LogP) is 11.4. The molecule has 0 aliphatic heterocycles. The summed E-state index contributed by atoms with van der Waals surface area (Å²) in [7, 11) is 0. The molecule has 0 saturated carbocycles. The fourth-order valence-electron chi connectivity index (χ4n) is 6.85. The van der Waals surface area contributed by atoms with Crippen molar-refractivity contribution in [1.29, 1.82) is 0 Å². The molecule has 0 aliphatic carbocycles. The van der Waals surface area contributed by atoms with Crippen molar-refractivity contribution in [3.63, 3.8) is 0 Å². The molecule has 6 nitrogen and oxygen atoms in total. The van der Waals surface area contributed by atoms with E-state index in [2.05, 4.69) is 59.6 Å². The van der Waals surface area contributed by atoms with Crippen molar-refractivity contribution in [3.8, 4) is 56.4 Å². The molecule has 0 saturated heterocycles. The first-order chi connectivity index (χ1) is 24.8. The Kier molecular flexibility index (Phi) is 6.39. The van der Waals surface area contributed by atoms with E-state index in [0.29, 0.717) is 17.5 Å². The third kappa shape index (κ3) is 4.65. The molecule has 234 valence electrons. The molecule has 0 aliphatic rings. The van der Waals surface area contributed by atoms with Crippen LogP contribution in [0.5, 0.6) is 0 Å². The second-order valence-electron chi connectivity index (χ2n) is 12.3. The van der Waals surface area contributed by atoms with Crippen LogP contribution >= 0.6 is 0 Å². The van der Waals surface area contributed by atoms with Gasteiger partial charge in [0.15, 0.2) is 17.5 Å². The Morgan fingerprint density at radius 2 is 1.04 bits per heavy atom. The number of benzene rings is 6. The summed E-state index contributed by atoms with van der Waals surface area (Å²) in [5.41, 5.74) is 10.0. The second kappa shape index (κ2) is 11.4. The highest BCUT2D eigenvalue weighted by molar-refractivity contribution is 6.16. The lowest BCUT2D eigenvalue weighted by molar-refractivity contribution is 0.668. The lowest BCUT2D eigenvalue weighted by Gasteiger charge is -2.11. The Balaban J connectivity index is 1.20. The number of fused-ring (bicyclic) bond motifs is 6. The molecule has 4 aromatic heterocycles. The molecule has 50 heavy (non-hydrogen) atoms. The van der Waals surface area contributed by atoms with Gasteiger partial charge >= 0.3 is 0 Å².